The third kappa shape index (κ3) is 3.13. The Labute approximate surface area is 104 Å². The number of hydrogen-bond acceptors (Lipinski definition) is 4. The standard InChI is InChI=1S/C12H15NO5/c1-17-7-3-4-10(18-2)8(5-7)9(12(13)16)6-11(14)15/h3-5,9H,6H2,1-2H3,(H2,13,16)(H,14,15). The van der Waals surface area contributed by atoms with Crippen LogP contribution in [0, 0.1) is 0 Å². The lowest BCUT2D eigenvalue weighted by atomic mass is 9.94. The maximum Gasteiger partial charge on any atom is 0.304 e. The lowest BCUT2D eigenvalue weighted by Crippen LogP contribution is -2.24. The van der Waals surface area contributed by atoms with Gasteiger partial charge in [0.25, 0.3) is 0 Å². The third-order valence-corrected chi connectivity index (χ3v) is 2.53. The summed E-state index contributed by atoms with van der Waals surface area (Å²) in [5.74, 6) is -1.87. The smallest absolute Gasteiger partial charge is 0.304 e. The summed E-state index contributed by atoms with van der Waals surface area (Å²) in [5, 5.41) is 8.80. The van der Waals surface area contributed by atoms with E-state index in [1.54, 1.807) is 18.2 Å². The zero-order chi connectivity index (χ0) is 13.7. The molecule has 1 unspecified atom stereocenters. The number of carboxylic acid groups (broad SMARTS) is 1. The second-order valence-electron chi connectivity index (χ2n) is 3.66. The molecule has 1 aromatic rings. The molecule has 98 valence electrons. The van der Waals surface area contributed by atoms with Gasteiger partial charge in [0.15, 0.2) is 0 Å². The van der Waals surface area contributed by atoms with Gasteiger partial charge in [0.2, 0.25) is 5.91 Å². The average Bonchev–Trinajstić information content (AvgIpc) is 2.34. The van der Waals surface area contributed by atoms with E-state index in [-0.39, 0.29) is 0 Å². The fraction of sp³-hybridized carbons (Fsp3) is 0.333. The molecule has 0 bridgehead atoms. The Morgan fingerprint density at radius 1 is 1.33 bits per heavy atom. The SMILES string of the molecule is COc1ccc(OC)c(C(CC(=O)O)C(N)=O)c1. The number of hydrogen-bond donors (Lipinski definition) is 2. The summed E-state index contributed by atoms with van der Waals surface area (Å²) >= 11 is 0. The number of nitrogens with two attached hydrogens (primary N) is 1. The van der Waals surface area contributed by atoms with E-state index in [0.717, 1.165) is 0 Å². The Balaban J connectivity index is 3.23. The van der Waals surface area contributed by atoms with Crippen molar-refractivity contribution in [1.82, 2.24) is 0 Å². The Bertz CT molecular complexity index is 458. The number of rotatable bonds is 6. The molecule has 1 aromatic carbocycles. The van der Waals surface area contributed by atoms with Crippen molar-refractivity contribution in [3.8, 4) is 11.5 Å². The first-order chi connectivity index (χ1) is 8.49. The second-order valence-corrected chi connectivity index (χ2v) is 3.66. The van der Waals surface area contributed by atoms with Crippen LogP contribution in [0.4, 0.5) is 0 Å². The lowest BCUT2D eigenvalue weighted by Gasteiger charge is -2.16. The van der Waals surface area contributed by atoms with E-state index < -0.39 is 24.2 Å². The van der Waals surface area contributed by atoms with Gasteiger partial charge in [-0.25, -0.2) is 0 Å². The van der Waals surface area contributed by atoms with Crippen LogP contribution in [0.15, 0.2) is 18.2 Å². The molecule has 1 rings (SSSR count). The van der Waals surface area contributed by atoms with Crippen LogP contribution in [0.5, 0.6) is 11.5 Å². The van der Waals surface area contributed by atoms with E-state index in [4.69, 9.17) is 20.3 Å². The van der Waals surface area contributed by atoms with Crippen molar-refractivity contribution in [2.75, 3.05) is 14.2 Å². The maximum absolute atomic E-state index is 11.4. The molecule has 6 nitrogen and oxygen atoms in total. The van der Waals surface area contributed by atoms with Gasteiger partial charge in [-0.3, -0.25) is 9.59 Å². The van der Waals surface area contributed by atoms with Crippen LogP contribution < -0.4 is 15.2 Å². The van der Waals surface area contributed by atoms with Crippen LogP contribution in [0.25, 0.3) is 0 Å². The predicted molar refractivity (Wildman–Crippen MR) is 63.7 cm³/mol. The van der Waals surface area contributed by atoms with Crippen LogP contribution in [0.2, 0.25) is 0 Å². The highest BCUT2D eigenvalue weighted by Gasteiger charge is 2.25. The minimum absolute atomic E-state index is 0.390. The van der Waals surface area contributed by atoms with Crippen LogP contribution >= 0.6 is 0 Å². The number of benzene rings is 1. The molecule has 0 aliphatic heterocycles. The molecule has 0 aliphatic rings. The summed E-state index contributed by atoms with van der Waals surface area (Å²) in [6.07, 6.45) is -0.390. The monoisotopic (exact) mass is 253 g/mol. The van der Waals surface area contributed by atoms with Crippen molar-refractivity contribution >= 4 is 11.9 Å². The summed E-state index contributed by atoms with van der Waals surface area (Å²) in [6.45, 7) is 0. The fourth-order valence-corrected chi connectivity index (χ4v) is 1.65. The first-order valence-corrected chi connectivity index (χ1v) is 5.22. The van der Waals surface area contributed by atoms with E-state index in [9.17, 15) is 9.59 Å². The van der Waals surface area contributed by atoms with E-state index in [2.05, 4.69) is 0 Å². The summed E-state index contributed by atoms with van der Waals surface area (Å²) in [5.41, 5.74) is 5.64. The summed E-state index contributed by atoms with van der Waals surface area (Å²) in [6, 6.07) is 4.81. The summed E-state index contributed by atoms with van der Waals surface area (Å²) in [4.78, 5) is 22.1. The first kappa shape index (κ1) is 13.8. The van der Waals surface area contributed by atoms with Crippen molar-refractivity contribution in [2.45, 2.75) is 12.3 Å². The van der Waals surface area contributed by atoms with Gasteiger partial charge in [0.1, 0.15) is 11.5 Å². The number of ether oxygens (including phenoxy) is 2. The molecule has 1 amide bonds. The number of carbonyl (C=O) groups is 2. The molecule has 0 saturated heterocycles. The number of carbonyl (C=O) groups excluding carboxylic acids is 1. The van der Waals surface area contributed by atoms with E-state index in [0.29, 0.717) is 17.1 Å². The van der Waals surface area contributed by atoms with Gasteiger partial charge in [0.05, 0.1) is 26.6 Å². The van der Waals surface area contributed by atoms with Crippen molar-refractivity contribution in [3.05, 3.63) is 23.8 Å². The molecule has 18 heavy (non-hydrogen) atoms. The molecule has 1 atom stereocenters. The predicted octanol–water partition coefficient (Wildman–Crippen LogP) is 0.747. The minimum atomic E-state index is -1.11. The normalized spacial score (nSPS) is 11.7. The highest BCUT2D eigenvalue weighted by Crippen LogP contribution is 2.32. The van der Waals surface area contributed by atoms with Gasteiger partial charge >= 0.3 is 5.97 Å². The molecule has 0 heterocycles. The van der Waals surface area contributed by atoms with Crippen LogP contribution in [0.1, 0.15) is 17.9 Å². The lowest BCUT2D eigenvalue weighted by molar-refractivity contribution is -0.139. The Morgan fingerprint density at radius 3 is 2.44 bits per heavy atom. The Kier molecular flexibility index (Phi) is 4.53. The largest absolute Gasteiger partial charge is 0.497 e. The molecule has 0 saturated carbocycles. The Hall–Kier alpha value is -2.24. The van der Waals surface area contributed by atoms with Crippen molar-refractivity contribution in [3.63, 3.8) is 0 Å². The number of aliphatic carboxylic acids is 1. The molecule has 3 N–H and O–H groups in total. The molecule has 0 fully saturated rings. The third-order valence-electron chi connectivity index (χ3n) is 2.53. The quantitative estimate of drug-likeness (QED) is 0.779. The van der Waals surface area contributed by atoms with Gasteiger partial charge in [0, 0.05) is 5.56 Å². The van der Waals surface area contributed by atoms with Crippen molar-refractivity contribution < 1.29 is 24.2 Å². The minimum Gasteiger partial charge on any atom is -0.497 e. The Morgan fingerprint density at radius 2 is 2.00 bits per heavy atom. The van der Waals surface area contributed by atoms with E-state index >= 15 is 0 Å². The van der Waals surface area contributed by atoms with Crippen molar-refractivity contribution in [1.29, 1.82) is 0 Å². The number of methoxy groups -OCH3 is 2. The maximum atomic E-state index is 11.4. The van der Waals surface area contributed by atoms with Crippen LogP contribution in [-0.4, -0.2) is 31.2 Å². The zero-order valence-corrected chi connectivity index (χ0v) is 10.2. The topological polar surface area (TPSA) is 98.8 Å². The molecule has 0 aliphatic carbocycles. The number of amides is 1. The van der Waals surface area contributed by atoms with Crippen LogP contribution in [0.3, 0.4) is 0 Å². The first-order valence-electron chi connectivity index (χ1n) is 5.22. The number of primary amides is 1. The van der Waals surface area contributed by atoms with Gasteiger partial charge in [-0.15, -0.1) is 0 Å². The zero-order valence-electron chi connectivity index (χ0n) is 10.2. The molecular formula is C12H15NO5. The molecule has 6 heteroatoms. The highest BCUT2D eigenvalue weighted by molar-refractivity contribution is 5.87. The van der Waals surface area contributed by atoms with Crippen LogP contribution in [-0.2, 0) is 9.59 Å². The van der Waals surface area contributed by atoms with Gasteiger partial charge in [-0.05, 0) is 18.2 Å². The molecular weight excluding hydrogens is 238 g/mol. The fourth-order valence-electron chi connectivity index (χ4n) is 1.65. The van der Waals surface area contributed by atoms with E-state index in [1.165, 1.54) is 14.2 Å². The van der Waals surface area contributed by atoms with E-state index in [1.807, 2.05) is 0 Å². The summed E-state index contributed by atoms with van der Waals surface area (Å²) in [7, 11) is 2.91. The van der Waals surface area contributed by atoms with Gasteiger partial charge in [-0.1, -0.05) is 0 Å². The molecule has 0 aromatic heterocycles. The van der Waals surface area contributed by atoms with Gasteiger partial charge in [-0.2, -0.15) is 0 Å². The molecule has 0 spiro atoms. The summed E-state index contributed by atoms with van der Waals surface area (Å²) < 4.78 is 10.1. The second kappa shape index (κ2) is 5.90. The average molecular weight is 253 g/mol. The van der Waals surface area contributed by atoms with Crippen molar-refractivity contribution in [2.24, 2.45) is 5.73 Å². The molecule has 0 radical (unpaired) electrons. The highest BCUT2D eigenvalue weighted by atomic mass is 16.5. The number of carboxylic acids is 1. The van der Waals surface area contributed by atoms with Gasteiger partial charge < -0.3 is 20.3 Å².